The number of nitrogens with zero attached hydrogens (tertiary/aromatic N) is 4. The highest BCUT2D eigenvalue weighted by molar-refractivity contribution is 6.42. The highest BCUT2D eigenvalue weighted by atomic mass is 35.5. The minimum atomic E-state index is -0.373. The number of hydrogen-bond acceptors (Lipinski definition) is 4. The molecule has 0 saturated heterocycles. The van der Waals surface area contributed by atoms with E-state index in [1.54, 1.807) is 28.9 Å². The number of aryl methyl sites for hydroxylation is 1. The van der Waals surface area contributed by atoms with Gasteiger partial charge < -0.3 is 5.32 Å². The maximum atomic E-state index is 12.7. The van der Waals surface area contributed by atoms with E-state index < -0.39 is 0 Å². The standard InChI is InChI=1S/C19H13Cl2N5O/c1-26-17-5-3-2-4-12(17)18(25-26)24-19(27)16-9-15(22-10-23-16)11-6-7-13(20)14(21)8-11/h2-10H,1H3,(H,24,25,27). The number of para-hydroxylation sites is 1. The third-order valence-electron chi connectivity index (χ3n) is 4.10. The molecule has 4 rings (SSSR count). The first-order valence-electron chi connectivity index (χ1n) is 8.03. The van der Waals surface area contributed by atoms with Crippen molar-refractivity contribution in [3.8, 4) is 11.3 Å². The molecule has 2 heterocycles. The molecule has 27 heavy (non-hydrogen) atoms. The number of hydrogen-bond donors (Lipinski definition) is 1. The maximum absolute atomic E-state index is 12.7. The summed E-state index contributed by atoms with van der Waals surface area (Å²) in [4.78, 5) is 21.0. The molecule has 2 aromatic carbocycles. The van der Waals surface area contributed by atoms with Crippen LogP contribution in [0.1, 0.15) is 10.5 Å². The summed E-state index contributed by atoms with van der Waals surface area (Å²) in [6.07, 6.45) is 1.34. The van der Waals surface area contributed by atoms with Crippen LogP contribution < -0.4 is 5.32 Å². The molecule has 2 aromatic heterocycles. The minimum Gasteiger partial charge on any atom is -0.303 e. The molecule has 8 heteroatoms. The zero-order chi connectivity index (χ0) is 19.0. The summed E-state index contributed by atoms with van der Waals surface area (Å²) in [6.45, 7) is 0. The normalized spacial score (nSPS) is 10.9. The molecule has 0 saturated carbocycles. The summed E-state index contributed by atoms with van der Waals surface area (Å²) in [6, 6.07) is 14.4. The summed E-state index contributed by atoms with van der Waals surface area (Å²) in [7, 11) is 1.82. The van der Waals surface area contributed by atoms with Crippen LogP contribution in [-0.4, -0.2) is 25.7 Å². The van der Waals surface area contributed by atoms with Crippen LogP contribution in [0.5, 0.6) is 0 Å². The number of aromatic nitrogens is 4. The van der Waals surface area contributed by atoms with Crippen LogP contribution in [0.4, 0.5) is 5.82 Å². The first-order valence-corrected chi connectivity index (χ1v) is 8.79. The summed E-state index contributed by atoms with van der Waals surface area (Å²) < 4.78 is 1.71. The van der Waals surface area contributed by atoms with Crippen molar-refractivity contribution in [3.05, 3.63) is 70.6 Å². The van der Waals surface area contributed by atoms with Gasteiger partial charge in [-0.25, -0.2) is 9.97 Å². The van der Waals surface area contributed by atoms with Crippen molar-refractivity contribution in [2.24, 2.45) is 7.05 Å². The van der Waals surface area contributed by atoms with E-state index in [9.17, 15) is 4.79 Å². The molecular weight excluding hydrogens is 385 g/mol. The van der Waals surface area contributed by atoms with E-state index in [0.29, 0.717) is 21.6 Å². The fourth-order valence-corrected chi connectivity index (χ4v) is 3.07. The van der Waals surface area contributed by atoms with Crippen molar-refractivity contribution >= 4 is 45.8 Å². The predicted molar refractivity (Wildman–Crippen MR) is 106 cm³/mol. The molecule has 0 unspecified atom stereocenters. The lowest BCUT2D eigenvalue weighted by Gasteiger charge is -2.05. The Labute approximate surface area is 164 Å². The quantitative estimate of drug-likeness (QED) is 0.548. The van der Waals surface area contributed by atoms with Crippen molar-refractivity contribution in [1.82, 2.24) is 19.7 Å². The van der Waals surface area contributed by atoms with Crippen molar-refractivity contribution in [1.29, 1.82) is 0 Å². The number of rotatable bonds is 3. The van der Waals surface area contributed by atoms with Gasteiger partial charge in [-0.15, -0.1) is 0 Å². The Kier molecular flexibility index (Phi) is 4.51. The van der Waals surface area contributed by atoms with E-state index in [2.05, 4.69) is 20.4 Å². The molecule has 0 aliphatic rings. The van der Waals surface area contributed by atoms with Crippen LogP contribution in [-0.2, 0) is 7.05 Å². The first kappa shape index (κ1) is 17.5. The minimum absolute atomic E-state index is 0.223. The highest BCUT2D eigenvalue weighted by Gasteiger charge is 2.15. The molecule has 0 aliphatic carbocycles. The molecular formula is C19H13Cl2N5O. The topological polar surface area (TPSA) is 72.7 Å². The largest absolute Gasteiger partial charge is 0.303 e. The number of benzene rings is 2. The average molecular weight is 398 g/mol. The Bertz CT molecular complexity index is 1170. The second-order valence-corrected chi connectivity index (χ2v) is 6.68. The van der Waals surface area contributed by atoms with Gasteiger partial charge in [0.15, 0.2) is 5.82 Å². The van der Waals surface area contributed by atoms with Gasteiger partial charge in [-0.05, 0) is 30.3 Å². The lowest BCUT2D eigenvalue weighted by Crippen LogP contribution is -2.14. The van der Waals surface area contributed by atoms with E-state index in [1.807, 2.05) is 31.3 Å². The van der Waals surface area contributed by atoms with Crippen LogP contribution >= 0.6 is 23.2 Å². The van der Waals surface area contributed by atoms with Crippen LogP contribution in [0.25, 0.3) is 22.2 Å². The monoisotopic (exact) mass is 397 g/mol. The van der Waals surface area contributed by atoms with E-state index >= 15 is 0 Å². The van der Waals surface area contributed by atoms with E-state index in [4.69, 9.17) is 23.2 Å². The Morgan fingerprint density at radius 1 is 1.04 bits per heavy atom. The Hall–Kier alpha value is -2.96. The van der Waals surface area contributed by atoms with E-state index in [1.165, 1.54) is 6.33 Å². The molecule has 0 spiro atoms. The predicted octanol–water partition coefficient (Wildman–Crippen LogP) is 4.59. The van der Waals surface area contributed by atoms with Gasteiger partial charge in [0.2, 0.25) is 0 Å². The third-order valence-corrected chi connectivity index (χ3v) is 4.84. The first-order chi connectivity index (χ1) is 13.0. The van der Waals surface area contributed by atoms with Gasteiger partial charge in [0.25, 0.3) is 5.91 Å². The van der Waals surface area contributed by atoms with E-state index in [-0.39, 0.29) is 11.6 Å². The van der Waals surface area contributed by atoms with Crippen molar-refractivity contribution in [2.75, 3.05) is 5.32 Å². The second-order valence-electron chi connectivity index (χ2n) is 5.86. The molecule has 0 bridgehead atoms. The number of halogens is 2. The molecule has 134 valence electrons. The molecule has 0 fully saturated rings. The van der Waals surface area contributed by atoms with Gasteiger partial charge in [0.05, 0.1) is 21.3 Å². The number of fused-ring (bicyclic) bond motifs is 1. The van der Waals surface area contributed by atoms with E-state index in [0.717, 1.165) is 16.5 Å². The number of amides is 1. The summed E-state index contributed by atoms with van der Waals surface area (Å²) in [5.41, 5.74) is 2.46. The molecule has 0 radical (unpaired) electrons. The number of anilines is 1. The Morgan fingerprint density at radius 2 is 1.85 bits per heavy atom. The zero-order valence-corrected chi connectivity index (χ0v) is 15.7. The average Bonchev–Trinajstić information content (AvgIpc) is 3.00. The Balaban J connectivity index is 1.65. The fraction of sp³-hybridized carbons (Fsp3) is 0.0526. The Morgan fingerprint density at radius 3 is 2.67 bits per heavy atom. The summed E-state index contributed by atoms with van der Waals surface area (Å²) >= 11 is 12.0. The molecule has 6 nitrogen and oxygen atoms in total. The van der Waals surface area contributed by atoms with Gasteiger partial charge in [-0.1, -0.05) is 41.4 Å². The fourth-order valence-electron chi connectivity index (χ4n) is 2.77. The second kappa shape index (κ2) is 6.98. The van der Waals surface area contributed by atoms with Gasteiger partial charge in [0.1, 0.15) is 12.0 Å². The van der Waals surface area contributed by atoms with Crippen molar-refractivity contribution in [3.63, 3.8) is 0 Å². The van der Waals surface area contributed by atoms with Crippen LogP contribution in [0.2, 0.25) is 10.0 Å². The van der Waals surface area contributed by atoms with Crippen LogP contribution in [0, 0.1) is 0 Å². The zero-order valence-electron chi connectivity index (χ0n) is 14.1. The molecule has 4 aromatic rings. The highest BCUT2D eigenvalue weighted by Crippen LogP contribution is 2.28. The van der Waals surface area contributed by atoms with Gasteiger partial charge in [-0.2, -0.15) is 5.10 Å². The van der Waals surface area contributed by atoms with Crippen molar-refractivity contribution in [2.45, 2.75) is 0 Å². The lowest BCUT2D eigenvalue weighted by molar-refractivity contribution is 0.102. The molecule has 1 amide bonds. The SMILES string of the molecule is Cn1nc(NC(=O)c2cc(-c3ccc(Cl)c(Cl)c3)ncn2)c2ccccc21. The molecule has 0 aliphatic heterocycles. The number of carbonyl (C=O) groups is 1. The van der Waals surface area contributed by atoms with Crippen molar-refractivity contribution < 1.29 is 4.79 Å². The third kappa shape index (κ3) is 3.37. The maximum Gasteiger partial charge on any atom is 0.275 e. The smallest absolute Gasteiger partial charge is 0.275 e. The number of carbonyl (C=O) groups excluding carboxylic acids is 1. The molecule has 0 atom stereocenters. The molecule has 1 N–H and O–H groups in total. The summed E-state index contributed by atoms with van der Waals surface area (Å²) in [5.74, 6) is 0.107. The van der Waals surface area contributed by atoms with Gasteiger partial charge in [-0.3, -0.25) is 9.48 Å². The van der Waals surface area contributed by atoms with Gasteiger partial charge >= 0.3 is 0 Å². The van der Waals surface area contributed by atoms with Crippen LogP contribution in [0.3, 0.4) is 0 Å². The van der Waals surface area contributed by atoms with Gasteiger partial charge in [0, 0.05) is 18.0 Å². The number of nitrogens with one attached hydrogen (secondary N) is 1. The van der Waals surface area contributed by atoms with Crippen LogP contribution in [0.15, 0.2) is 54.9 Å². The lowest BCUT2D eigenvalue weighted by atomic mass is 10.1. The summed E-state index contributed by atoms with van der Waals surface area (Å²) in [5, 5.41) is 8.90.